The molecule has 0 atom stereocenters. The minimum absolute atomic E-state index is 0.123. The van der Waals surface area contributed by atoms with Crippen LogP contribution >= 0.6 is 0 Å². The van der Waals surface area contributed by atoms with Gasteiger partial charge >= 0.3 is 6.03 Å². The van der Waals surface area contributed by atoms with Crippen LogP contribution in [0.15, 0.2) is 0 Å². The van der Waals surface area contributed by atoms with Crippen LogP contribution in [0.2, 0.25) is 0 Å². The topological polar surface area (TPSA) is 98.8 Å². The first-order valence-electron chi connectivity index (χ1n) is 9.13. The summed E-state index contributed by atoms with van der Waals surface area (Å²) in [5.41, 5.74) is -1.25. The maximum absolute atomic E-state index is 12.8. The van der Waals surface area contributed by atoms with Gasteiger partial charge < -0.3 is 15.5 Å². The number of nitrogens with zero attached hydrogens (tertiary/aromatic N) is 2. The summed E-state index contributed by atoms with van der Waals surface area (Å²) in [5, 5.41) is 5.57. The second-order valence-corrected chi connectivity index (χ2v) is 8.63. The second kappa shape index (κ2) is 7.25. The fraction of sp³-hybridized carbons (Fsp3) is 0.778. The lowest BCUT2D eigenvalue weighted by atomic mass is 9.77. The molecule has 1 aliphatic carbocycles. The Hall–Kier alpha value is -2.12. The Balaban J connectivity index is 1.95. The number of nitrogens with one attached hydrogen (secondary N) is 2. The molecule has 2 N–H and O–H groups in total. The number of imide groups is 1. The van der Waals surface area contributed by atoms with Gasteiger partial charge in [0, 0.05) is 12.6 Å². The van der Waals surface area contributed by atoms with Crippen molar-refractivity contribution in [2.24, 2.45) is 5.92 Å². The SMILES string of the molecule is CC1CCC2(CC1)NC(=O)N(CC(=O)N(C)CC(=O)NC(C)(C)C)C2=O. The number of carbonyl (C=O) groups excluding carboxylic acids is 4. The van der Waals surface area contributed by atoms with Gasteiger partial charge in [-0.25, -0.2) is 4.79 Å². The largest absolute Gasteiger partial charge is 0.350 e. The maximum Gasteiger partial charge on any atom is 0.325 e. The van der Waals surface area contributed by atoms with E-state index in [0.29, 0.717) is 18.8 Å². The predicted octanol–water partition coefficient (Wildman–Crippen LogP) is 0.860. The quantitative estimate of drug-likeness (QED) is 0.721. The molecule has 0 aromatic rings. The standard InChI is InChI=1S/C18H30N4O4/c1-12-6-8-18(9-7-12)15(25)22(16(26)20-18)11-14(24)21(5)10-13(23)19-17(2,3)4/h12H,6-11H2,1-5H3,(H,19,23)(H,20,26). The zero-order valence-corrected chi connectivity index (χ0v) is 16.3. The molecule has 26 heavy (non-hydrogen) atoms. The minimum atomic E-state index is -0.855. The lowest BCUT2D eigenvalue weighted by Gasteiger charge is -2.33. The van der Waals surface area contributed by atoms with E-state index in [0.717, 1.165) is 17.7 Å². The highest BCUT2D eigenvalue weighted by molar-refractivity contribution is 6.09. The maximum atomic E-state index is 12.8. The van der Waals surface area contributed by atoms with Crippen molar-refractivity contribution in [2.75, 3.05) is 20.1 Å². The Morgan fingerprint density at radius 1 is 1.27 bits per heavy atom. The van der Waals surface area contributed by atoms with Crippen molar-refractivity contribution < 1.29 is 19.2 Å². The van der Waals surface area contributed by atoms with Crippen LogP contribution in [-0.4, -0.2) is 64.8 Å². The molecule has 146 valence electrons. The van der Waals surface area contributed by atoms with E-state index in [-0.39, 0.29) is 24.9 Å². The Morgan fingerprint density at radius 2 is 1.85 bits per heavy atom. The Morgan fingerprint density at radius 3 is 2.38 bits per heavy atom. The zero-order valence-electron chi connectivity index (χ0n) is 16.3. The summed E-state index contributed by atoms with van der Waals surface area (Å²) in [4.78, 5) is 51.6. The number of carbonyl (C=O) groups is 4. The molecule has 0 aromatic carbocycles. The third kappa shape index (κ3) is 4.53. The molecule has 8 heteroatoms. The van der Waals surface area contributed by atoms with Gasteiger partial charge in [-0.05, 0) is 52.4 Å². The first-order chi connectivity index (χ1) is 11.9. The molecule has 1 heterocycles. The van der Waals surface area contributed by atoms with Crippen molar-refractivity contribution >= 4 is 23.8 Å². The number of hydrogen-bond acceptors (Lipinski definition) is 4. The van der Waals surface area contributed by atoms with Gasteiger partial charge in [-0.2, -0.15) is 0 Å². The van der Waals surface area contributed by atoms with Crippen LogP contribution in [0.3, 0.4) is 0 Å². The summed E-state index contributed by atoms with van der Waals surface area (Å²) < 4.78 is 0. The number of amides is 5. The minimum Gasteiger partial charge on any atom is -0.350 e. The summed E-state index contributed by atoms with van der Waals surface area (Å²) in [6.45, 7) is 7.22. The fourth-order valence-corrected chi connectivity index (χ4v) is 3.43. The highest BCUT2D eigenvalue weighted by Gasteiger charge is 2.52. The molecule has 0 bridgehead atoms. The Bertz CT molecular complexity index is 603. The van der Waals surface area contributed by atoms with Crippen LogP contribution in [0.1, 0.15) is 53.4 Å². The van der Waals surface area contributed by atoms with Crippen LogP contribution in [0, 0.1) is 5.92 Å². The van der Waals surface area contributed by atoms with Crippen molar-refractivity contribution in [1.29, 1.82) is 0 Å². The molecule has 0 aromatic heterocycles. The van der Waals surface area contributed by atoms with Gasteiger partial charge in [-0.15, -0.1) is 0 Å². The number of likely N-dealkylation sites (N-methyl/N-ethyl adjacent to an activating group) is 1. The third-order valence-electron chi connectivity index (χ3n) is 4.99. The van der Waals surface area contributed by atoms with Crippen molar-refractivity contribution in [2.45, 2.75) is 64.5 Å². The van der Waals surface area contributed by atoms with E-state index in [9.17, 15) is 19.2 Å². The molecule has 2 aliphatic rings. The molecule has 1 saturated carbocycles. The van der Waals surface area contributed by atoms with Crippen molar-refractivity contribution in [1.82, 2.24) is 20.4 Å². The van der Waals surface area contributed by atoms with E-state index in [1.165, 1.54) is 11.9 Å². The third-order valence-corrected chi connectivity index (χ3v) is 4.99. The smallest absolute Gasteiger partial charge is 0.325 e. The normalized spacial score (nSPS) is 26.0. The van der Waals surface area contributed by atoms with Crippen LogP contribution in [0.4, 0.5) is 4.79 Å². The van der Waals surface area contributed by atoms with Crippen molar-refractivity contribution in [3.63, 3.8) is 0 Å². The Kier molecular flexibility index (Phi) is 5.63. The molecule has 2 rings (SSSR count). The van der Waals surface area contributed by atoms with Crippen molar-refractivity contribution in [3.8, 4) is 0 Å². The molecule has 2 fully saturated rings. The summed E-state index contributed by atoms with van der Waals surface area (Å²) in [7, 11) is 1.49. The fourth-order valence-electron chi connectivity index (χ4n) is 3.43. The van der Waals surface area contributed by atoms with Gasteiger partial charge in [0.15, 0.2) is 0 Å². The first kappa shape index (κ1) is 20.2. The van der Waals surface area contributed by atoms with Gasteiger partial charge in [-0.1, -0.05) is 6.92 Å². The molecule has 0 unspecified atom stereocenters. The summed E-state index contributed by atoms with van der Waals surface area (Å²) in [6.07, 6.45) is 2.96. The van der Waals surface area contributed by atoms with E-state index >= 15 is 0 Å². The van der Waals surface area contributed by atoms with Crippen molar-refractivity contribution in [3.05, 3.63) is 0 Å². The van der Waals surface area contributed by atoms with Gasteiger partial charge in [0.05, 0.1) is 6.54 Å². The molecule has 1 saturated heterocycles. The number of rotatable bonds is 4. The van der Waals surface area contributed by atoms with Gasteiger partial charge in [0.25, 0.3) is 5.91 Å². The molecule has 0 radical (unpaired) electrons. The molecular weight excluding hydrogens is 336 g/mol. The van der Waals surface area contributed by atoms with E-state index < -0.39 is 23.0 Å². The van der Waals surface area contributed by atoms with Gasteiger partial charge in [0.1, 0.15) is 12.1 Å². The average Bonchev–Trinajstić information content (AvgIpc) is 2.73. The van der Waals surface area contributed by atoms with Crippen LogP contribution in [0.5, 0.6) is 0 Å². The van der Waals surface area contributed by atoms with E-state index in [2.05, 4.69) is 17.6 Å². The lowest BCUT2D eigenvalue weighted by molar-refractivity contribution is -0.140. The van der Waals surface area contributed by atoms with Crippen LogP contribution in [-0.2, 0) is 14.4 Å². The van der Waals surface area contributed by atoms with E-state index in [4.69, 9.17) is 0 Å². The second-order valence-electron chi connectivity index (χ2n) is 8.63. The number of hydrogen-bond donors (Lipinski definition) is 2. The zero-order chi connectivity index (χ0) is 19.7. The lowest BCUT2D eigenvalue weighted by Crippen LogP contribution is -2.50. The van der Waals surface area contributed by atoms with Gasteiger partial charge in [0.2, 0.25) is 11.8 Å². The van der Waals surface area contributed by atoms with Crippen LogP contribution < -0.4 is 10.6 Å². The molecule has 5 amide bonds. The summed E-state index contributed by atoms with van der Waals surface area (Å²) >= 11 is 0. The molecule has 1 aliphatic heterocycles. The highest BCUT2D eigenvalue weighted by Crippen LogP contribution is 2.36. The molecule has 1 spiro atoms. The molecule has 8 nitrogen and oxygen atoms in total. The van der Waals surface area contributed by atoms with Gasteiger partial charge in [-0.3, -0.25) is 19.3 Å². The van der Waals surface area contributed by atoms with E-state index in [1.807, 2.05) is 20.8 Å². The Labute approximate surface area is 154 Å². The first-order valence-corrected chi connectivity index (χ1v) is 9.13. The summed E-state index contributed by atoms with van der Waals surface area (Å²) in [5.74, 6) is -0.522. The monoisotopic (exact) mass is 366 g/mol. The van der Waals surface area contributed by atoms with E-state index in [1.54, 1.807) is 0 Å². The number of urea groups is 1. The highest BCUT2D eigenvalue weighted by atomic mass is 16.2. The average molecular weight is 366 g/mol. The predicted molar refractivity (Wildman–Crippen MR) is 96.1 cm³/mol. The molecular formula is C18H30N4O4. The summed E-state index contributed by atoms with van der Waals surface area (Å²) in [6, 6.07) is -0.523. The van der Waals surface area contributed by atoms with Crippen LogP contribution in [0.25, 0.3) is 0 Å².